The van der Waals surface area contributed by atoms with E-state index in [1.165, 1.54) is 32.1 Å². The van der Waals surface area contributed by atoms with Gasteiger partial charge in [-0.3, -0.25) is 20.4 Å². The van der Waals surface area contributed by atoms with E-state index in [1.54, 1.807) is 0 Å². The van der Waals surface area contributed by atoms with Crippen LogP contribution >= 0.6 is 0 Å². The first-order valence-electron chi connectivity index (χ1n) is 7.74. The molecular formula is C15H28N2O3. The summed E-state index contributed by atoms with van der Waals surface area (Å²) in [6, 6.07) is 0. The second-order valence-corrected chi connectivity index (χ2v) is 6.15. The molecule has 1 aliphatic carbocycles. The molecule has 0 aromatic carbocycles. The number of hydrazine groups is 1. The van der Waals surface area contributed by atoms with Crippen LogP contribution in [0.2, 0.25) is 0 Å². The van der Waals surface area contributed by atoms with Gasteiger partial charge in [0.25, 0.3) is 0 Å². The molecule has 0 aromatic heterocycles. The lowest BCUT2D eigenvalue weighted by Gasteiger charge is -2.21. The summed E-state index contributed by atoms with van der Waals surface area (Å²) in [4.78, 5) is 23.1. The third kappa shape index (κ3) is 6.89. The molecule has 20 heavy (non-hydrogen) atoms. The van der Waals surface area contributed by atoms with Crippen molar-refractivity contribution in [2.75, 3.05) is 0 Å². The van der Waals surface area contributed by atoms with Gasteiger partial charge in [-0.1, -0.05) is 46.0 Å². The van der Waals surface area contributed by atoms with Gasteiger partial charge in [-0.25, -0.2) is 0 Å². The van der Waals surface area contributed by atoms with E-state index in [-0.39, 0.29) is 24.2 Å². The molecule has 0 aromatic rings. The van der Waals surface area contributed by atoms with Crippen molar-refractivity contribution in [3.8, 4) is 0 Å². The minimum absolute atomic E-state index is 0.0145. The summed E-state index contributed by atoms with van der Waals surface area (Å²) in [6.07, 6.45) is 7.01. The highest BCUT2D eigenvalue weighted by molar-refractivity contribution is 5.82. The van der Waals surface area contributed by atoms with Crippen LogP contribution in [0.5, 0.6) is 0 Å². The number of amides is 2. The fraction of sp³-hybridized carbons (Fsp3) is 0.867. The third-order valence-corrected chi connectivity index (χ3v) is 4.01. The fourth-order valence-corrected chi connectivity index (χ4v) is 2.49. The topological polar surface area (TPSA) is 78.4 Å². The predicted octanol–water partition coefficient (Wildman–Crippen LogP) is 1.90. The predicted molar refractivity (Wildman–Crippen MR) is 77.6 cm³/mol. The summed E-state index contributed by atoms with van der Waals surface area (Å²) < 4.78 is 0. The zero-order valence-electron chi connectivity index (χ0n) is 12.7. The maximum Gasteiger partial charge on any atom is 0.240 e. The minimum atomic E-state index is -0.672. The van der Waals surface area contributed by atoms with Gasteiger partial charge in [-0.15, -0.1) is 0 Å². The highest BCUT2D eigenvalue weighted by Crippen LogP contribution is 2.27. The van der Waals surface area contributed by atoms with Gasteiger partial charge < -0.3 is 5.11 Å². The highest BCUT2D eigenvalue weighted by atomic mass is 16.3. The Balaban J connectivity index is 2.11. The highest BCUT2D eigenvalue weighted by Gasteiger charge is 2.16. The summed E-state index contributed by atoms with van der Waals surface area (Å²) >= 11 is 0. The van der Waals surface area contributed by atoms with Gasteiger partial charge in [0.1, 0.15) is 0 Å². The van der Waals surface area contributed by atoms with Crippen molar-refractivity contribution < 1.29 is 14.7 Å². The Kier molecular flexibility index (Phi) is 7.59. The molecule has 1 saturated carbocycles. The molecule has 3 N–H and O–H groups in total. The van der Waals surface area contributed by atoms with Crippen molar-refractivity contribution in [2.45, 2.75) is 71.3 Å². The molecule has 0 spiro atoms. The van der Waals surface area contributed by atoms with Gasteiger partial charge in [0.2, 0.25) is 11.8 Å². The lowest BCUT2D eigenvalue weighted by molar-refractivity contribution is -0.130. The Morgan fingerprint density at radius 1 is 1.10 bits per heavy atom. The lowest BCUT2D eigenvalue weighted by Crippen LogP contribution is -2.43. The molecule has 1 unspecified atom stereocenters. The van der Waals surface area contributed by atoms with Gasteiger partial charge in [-0.2, -0.15) is 0 Å². The molecule has 2 amide bonds. The number of aliphatic hydroxyl groups excluding tert-OH is 1. The van der Waals surface area contributed by atoms with Gasteiger partial charge in [0.05, 0.1) is 12.5 Å². The summed E-state index contributed by atoms with van der Waals surface area (Å²) in [5, 5.41) is 9.56. The molecule has 1 atom stereocenters. The number of nitrogens with one attached hydrogen (secondary N) is 2. The van der Waals surface area contributed by atoms with Crippen molar-refractivity contribution in [3.63, 3.8) is 0 Å². The van der Waals surface area contributed by atoms with E-state index in [4.69, 9.17) is 0 Å². The van der Waals surface area contributed by atoms with Gasteiger partial charge in [0, 0.05) is 6.42 Å². The molecule has 116 valence electrons. The third-order valence-electron chi connectivity index (χ3n) is 4.01. The Morgan fingerprint density at radius 2 is 1.70 bits per heavy atom. The standard InChI is InChI=1S/C15H28N2O3/c1-11(2)13(18)10-15(20)17-16-14(19)9-8-12-6-4-3-5-7-12/h11-13,18H,3-10H2,1-2H3,(H,16,19)(H,17,20). The Labute approximate surface area is 121 Å². The largest absolute Gasteiger partial charge is 0.392 e. The quantitative estimate of drug-likeness (QED) is 0.652. The number of hydrogen-bond acceptors (Lipinski definition) is 3. The Hall–Kier alpha value is -1.10. The van der Waals surface area contributed by atoms with Crippen molar-refractivity contribution in [1.82, 2.24) is 10.9 Å². The van der Waals surface area contributed by atoms with Crippen LogP contribution in [0.4, 0.5) is 0 Å². The van der Waals surface area contributed by atoms with Crippen LogP contribution in [0.15, 0.2) is 0 Å². The maximum absolute atomic E-state index is 11.6. The van der Waals surface area contributed by atoms with E-state index in [1.807, 2.05) is 13.8 Å². The molecule has 1 rings (SSSR count). The molecule has 0 heterocycles. The van der Waals surface area contributed by atoms with E-state index < -0.39 is 6.10 Å². The molecular weight excluding hydrogens is 256 g/mol. The van der Waals surface area contributed by atoms with Gasteiger partial charge >= 0.3 is 0 Å². The molecule has 0 radical (unpaired) electrons. The van der Waals surface area contributed by atoms with Crippen molar-refractivity contribution in [2.24, 2.45) is 11.8 Å². The SMILES string of the molecule is CC(C)C(O)CC(=O)NNC(=O)CCC1CCCCC1. The molecule has 5 nitrogen and oxygen atoms in total. The zero-order chi connectivity index (χ0) is 15.0. The van der Waals surface area contributed by atoms with Crippen LogP contribution in [-0.4, -0.2) is 23.0 Å². The first-order valence-corrected chi connectivity index (χ1v) is 7.74. The normalized spacial score (nSPS) is 17.8. The number of carbonyl (C=O) groups is 2. The van der Waals surface area contributed by atoms with Crippen LogP contribution in [-0.2, 0) is 9.59 Å². The van der Waals surface area contributed by atoms with E-state index in [0.29, 0.717) is 12.3 Å². The Morgan fingerprint density at radius 3 is 2.30 bits per heavy atom. The van der Waals surface area contributed by atoms with Crippen molar-refractivity contribution >= 4 is 11.8 Å². The van der Waals surface area contributed by atoms with E-state index in [9.17, 15) is 14.7 Å². The van der Waals surface area contributed by atoms with E-state index >= 15 is 0 Å². The van der Waals surface area contributed by atoms with Crippen molar-refractivity contribution in [3.05, 3.63) is 0 Å². The van der Waals surface area contributed by atoms with E-state index in [2.05, 4.69) is 10.9 Å². The summed E-state index contributed by atoms with van der Waals surface area (Å²) in [5.41, 5.74) is 4.77. The number of rotatable bonds is 6. The van der Waals surface area contributed by atoms with E-state index in [0.717, 1.165) is 6.42 Å². The van der Waals surface area contributed by atoms with Crippen LogP contribution in [0.3, 0.4) is 0 Å². The Bertz CT molecular complexity index is 312. The van der Waals surface area contributed by atoms with Gasteiger partial charge in [-0.05, 0) is 18.3 Å². The summed E-state index contributed by atoms with van der Waals surface area (Å²) in [7, 11) is 0. The summed E-state index contributed by atoms with van der Waals surface area (Å²) in [6.45, 7) is 3.70. The van der Waals surface area contributed by atoms with Crippen LogP contribution in [0.25, 0.3) is 0 Å². The molecule has 1 aliphatic rings. The average Bonchev–Trinajstić information content (AvgIpc) is 2.43. The van der Waals surface area contributed by atoms with Crippen LogP contribution in [0.1, 0.15) is 65.2 Å². The number of hydrogen-bond donors (Lipinski definition) is 3. The van der Waals surface area contributed by atoms with Crippen molar-refractivity contribution in [1.29, 1.82) is 0 Å². The molecule has 0 aliphatic heterocycles. The maximum atomic E-state index is 11.6. The summed E-state index contributed by atoms with van der Waals surface area (Å²) in [5.74, 6) is 0.191. The zero-order valence-corrected chi connectivity index (χ0v) is 12.7. The average molecular weight is 284 g/mol. The second-order valence-electron chi connectivity index (χ2n) is 6.15. The molecule has 1 fully saturated rings. The second kappa shape index (κ2) is 8.95. The fourth-order valence-electron chi connectivity index (χ4n) is 2.49. The molecule has 5 heteroatoms. The monoisotopic (exact) mass is 284 g/mol. The molecule has 0 saturated heterocycles. The van der Waals surface area contributed by atoms with Gasteiger partial charge in [0.15, 0.2) is 0 Å². The first-order chi connectivity index (χ1) is 9.49. The smallest absolute Gasteiger partial charge is 0.240 e. The molecule has 0 bridgehead atoms. The van der Waals surface area contributed by atoms with Crippen LogP contribution in [0, 0.1) is 11.8 Å². The number of carbonyl (C=O) groups excluding carboxylic acids is 2. The first kappa shape index (κ1) is 17.0. The lowest BCUT2D eigenvalue weighted by atomic mass is 9.86. The minimum Gasteiger partial charge on any atom is -0.392 e. The van der Waals surface area contributed by atoms with Crippen LogP contribution < -0.4 is 10.9 Å². The number of aliphatic hydroxyl groups is 1.